The molecule has 3 rings (SSSR count). The molecule has 0 aliphatic carbocycles. The highest BCUT2D eigenvalue weighted by Crippen LogP contribution is 2.22. The van der Waals surface area contributed by atoms with Crippen LogP contribution in [-0.2, 0) is 16.1 Å². The molecule has 110 valence electrons. The Kier molecular flexibility index (Phi) is 3.71. The van der Waals surface area contributed by atoms with E-state index in [-0.39, 0.29) is 12.0 Å². The maximum atomic E-state index is 11.6. The summed E-state index contributed by atoms with van der Waals surface area (Å²) in [6, 6.07) is 0.378. The third kappa shape index (κ3) is 2.69. The van der Waals surface area contributed by atoms with Crippen LogP contribution in [-0.4, -0.2) is 64.7 Å². The number of carbonyl (C=O) groups excluding carboxylic acids is 1. The average Bonchev–Trinajstić information content (AvgIpc) is 3.10. The Labute approximate surface area is 117 Å². The summed E-state index contributed by atoms with van der Waals surface area (Å²) in [5.41, 5.74) is 0. The molecule has 2 atom stereocenters. The summed E-state index contributed by atoms with van der Waals surface area (Å²) in [7, 11) is 2.06. The molecule has 0 N–H and O–H groups in total. The second-order valence-corrected chi connectivity index (χ2v) is 5.55. The highest BCUT2D eigenvalue weighted by Gasteiger charge is 2.37. The number of nitrogens with zero attached hydrogens (tertiary/aromatic N) is 4. The minimum absolute atomic E-state index is 0.0409. The highest BCUT2D eigenvalue weighted by molar-refractivity contribution is 5.77. The summed E-state index contributed by atoms with van der Waals surface area (Å²) in [5.74, 6) is 1.24. The monoisotopic (exact) mass is 280 g/mol. The number of ether oxygens (including phenoxy) is 1. The number of hydrogen-bond acceptors (Lipinski definition) is 7. The molecule has 7 nitrogen and oxygen atoms in total. The van der Waals surface area contributed by atoms with Crippen molar-refractivity contribution in [2.24, 2.45) is 0 Å². The largest absolute Gasteiger partial charge is 0.464 e. The first-order valence-electron chi connectivity index (χ1n) is 7.03. The van der Waals surface area contributed by atoms with Crippen LogP contribution in [0, 0.1) is 6.92 Å². The molecule has 0 saturated carbocycles. The lowest BCUT2D eigenvalue weighted by molar-refractivity contribution is -0.142. The topological polar surface area (TPSA) is 71.7 Å². The minimum atomic E-state index is -0.0675. The zero-order chi connectivity index (χ0) is 14.1. The van der Waals surface area contributed by atoms with Gasteiger partial charge in [0.05, 0.1) is 13.2 Å². The van der Waals surface area contributed by atoms with Gasteiger partial charge < -0.3 is 9.26 Å². The lowest BCUT2D eigenvalue weighted by Crippen LogP contribution is -2.40. The van der Waals surface area contributed by atoms with Gasteiger partial charge in [-0.2, -0.15) is 4.98 Å². The van der Waals surface area contributed by atoms with Gasteiger partial charge in [-0.15, -0.1) is 0 Å². The molecule has 2 fully saturated rings. The first-order valence-corrected chi connectivity index (χ1v) is 7.03. The Morgan fingerprint density at radius 2 is 2.30 bits per heavy atom. The predicted molar refractivity (Wildman–Crippen MR) is 69.8 cm³/mol. The van der Waals surface area contributed by atoms with E-state index < -0.39 is 0 Å². The molecular weight excluding hydrogens is 260 g/mol. The molecule has 0 radical (unpaired) electrons. The van der Waals surface area contributed by atoms with Crippen LogP contribution in [0.15, 0.2) is 4.52 Å². The fraction of sp³-hybridized carbons (Fsp3) is 0.769. The Bertz CT molecular complexity index is 490. The van der Waals surface area contributed by atoms with Gasteiger partial charge in [0.25, 0.3) is 0 Å². The number of rotatable bonds is 4. The van der Waals surface area contributed by atoms with Gasteiger partial charge in [-0.3, -0.25) is 14.6 Å². The average molecular weight is 280 g/mol. The van der Waals surface area contributed by atoms with Crippen LogP contribution in [0.4, 0.5) is 0 Å². The molecule has 1 aromatic rings. The molecule has 0 amide bonds. The van der Waals surface area contributed by atoms with Crippen molar-refractivity contribution in [2.75, 3.05) is 26.7 Å². The zero-order valence-corrected chi connectivity index (χ0v) is 11.9. The molecule has 3 heterocycles. The van der Waals surface area contributed by atoms with E-state index in [1.807, 2.05) is 0 Å². The van der Waals surface area contributed by atoms with E-state index in [4.69, 9.17) is 9.26 Å². The van der Waals surface area contributed by atoms with E-state index in [1.54, 1.807) is 6.92 Å². The summed E-state index contributed by atoms with van der Waals surface area (Å²) in [6.07, 6.45) is 1.87. The van der Waals surface area contributed by atoms with Crippen LogP contribution < -0.4 is 0 Å². The summed E-state index contributed by atoms with van der Waals surface area (Å²) in [4.78, 5) is 20.3. The molecule has 20 heavy (non-hydrogen) atoms. The van der Waals surface area contributed by atoms with Gasteiger partial charge in [-0.1, -0.05) is 5.16 Å². The maximum absolute atomic E-state index is 11.6. The molecule has 2 aliphatic heterocycles. The number of aryl methyl sites for hydroxylation is 1. The van der Waals surface area contributed by atoms with Gasteiger partial charge >= 0.3 is 5.97 Å². The number of hydrogen-bond donors (Lipinski definition) is 0. The Morgan fingerprint density at radius 3 is 2.95 bits per heavy atom. The van der Waals surface area contributed by atoms with Crippen LogP contribution in [0.5, 0.6) is 0 Å². The quantitative estimate of drug-likeness (QED) is 0.729. The number of aromatic nitrogens is 2. The number of likely N-dealkylation sites (tertiary alicyclic amines) is 1. The summed E-state index contributed by atoms with van der Waals surface area (Å²) < 4.78 is 10.0. The van der Waals surface area contributed by atoms with Crippen molar-refractivity contribution in [1.82, 2.24) is 19.9 Å². The molecule has 0 aromatic carbocycles. The summed E-state index contributed by atoms with van der Waals surface area (Å²) >= 11 is 0. The standard InChI is InChI=1S/C13H20N4O3/c1-9-14-12(15-20-9)8-16(2)10-3-5-17(7-10)11-4-6-19-13(11)18/h10-11H,3-8H2,1-2H3. The molecule has 1 aromatic heterocycles. The van der Waals surface area contributed by atoms with Gasteiger partial charge in [0, 0.05) is 32.5 Å². The third-order valence-electron chi connectivity index (χ3n) is 4.13. The fourth-order valence-corrected chi connectivity index (χ4v) is 2.99. The highest BCUT2D eigenvalue weighted by atomic mass is 16.5. The van der Waals surface area contributed by atoms with Crippen LogP contribution in [0.25, 0.3) is 0 Å². The molecule has 2 unspecified atom stereocenters. The Morgan fingerprint density at radius 1 is 1.45 bits per heavy atom. The fourth-order valence-electron chi connectivity index (χ4n) is 2.99. The number of likely N-dealkylation sites (N-methyl/N-ethyl adjacent to an activating group) is 1. The van der Waals surface area contributed by atoms with E-state index >= 15 is 0 Å². The summed E-state index contributed by atoms with van der Waals surface area (Å²) in [5, 5.41) is 3.92. The molecular formula is C13H20N4O3. The summed E-state index contributed by atoms with van der Waals surface area (Å²) in [6.45, 7) is 4.86. The van der Waals surface area contributed by atoms with Gasteiger partial charge in [0.2, 0.25) is 5.89 Å². The van der Waals surface area contributed by atoms with Crippen LogP contribution in [0.2, 0.25) is 0 Å². The van der Waals surface area contributed by atoms with Crippen molar-refractivity contribution in [3.63, 3.8) is 0 Å². The van der Waals surface area contributed by atoms with Crippen LogP contribution >= 0.6 is 0 Å². The van der Waals surface area contributed by atoms with Crippen molar-refractivity contribution in [3.05, 3.63) is 11.7 Å². The van der Waals surface area contributed by atoms with Gasteiger partial charge in [0.1, 0.15) is 6.04 Å². The first kappa shape index (κ1) is 13.5. The molecule has 0 bridgehead atoms. The normalized spacial score (nSPS) is 27.4. The first-order chi connectivity index (χ1) is 9.63. The lowest BCUT2D eigenvalue weighted by Gasteiger charge is -2.24. The third-order valence-corrected chi connectivity index (χ3v) is 4.13. The van der Waals surface area contributed by atoms with Crippen LogP contribution in [0.1, 0.15) is 24.6 Å². The van der Waals surface area contributed by atoms with E-state index in [0.717, 1.165) is 25.9 Å². The molecule has 2 aliphatic rings. The maximum Gasteiger partial charge on any atom is 0.323 e. The van der Waals surface area contributed by atoms with Crippen molar-refractivity contribution in [3.8, 4) is 0 Å². The van der Waals surface area contributed by atoms with E-state index in [9.17, 15) is 4.79 Å². The predicted octanol–water partition coefficient (Wildman–Crippen LogP) is 0.200. The zero-order valence-electron chi connectivity index (χ0n) is 11.9. The SMILES string of the molecule is Cc1nc(CN(C)C2CCN(C3CCOC3=O)C2)no1. The van der Waals surface area contributed by atoms with E-state index in [2.05, 4.69) is 27.0 Å². The van der Waals surface area contributed by atoms with Crippen molar-refractivity contribution >= 4 is 5.97 Å². The van der Waals surface area contributed by atoms with E-state index in [0.29, 0.717) is 30.9 Å². The van der Waals surface area contributed by atoms with Gasteiger partial charge in [-0.25, -0.2) is 0 Å². The number of esters is 1. The van der Waals surface area contributed by atoms with Crippen LogP contribution in [0.3, 0.4) is 0 Å². The minimum Gasteiger partial charge on any atom is -0.464 e. The second kappa shape index (κ2) is 5.49. The molecule has 0 spiro atoms. The Hall–Kier alpha value is -1.47. The van der Waals surface area contributed by atoms with E-state index in [1.165, 1.54) is 0 Å². The smallest absolute Gasteiger partial charge is 0.323 e. The molecule has 7 heteroatoms. The van der Waals surface area contributed by atoms with Gasteiger partial charge in [0.15, 0.2) is 5.82 Å². The van der Waals surface area contributed by atoms with Crippen molar-refractivity contribution in [2.45, 2.75) is 38.4 Å². The van der Waals surface area contributed by atoms with Crippen molar-refractivity contribution < 1.29 is 14.1 Å². The van der Waals surface area contributed by atoms with Gasteiger partial charge in [-0.05, 0) is 13.5 Å². The Balaban J connectivity index is 1.55. The van der Waals surface area contributed by atoms with Crippen molar-refractivity contribution in [1.29, 1.82) is 0 Å². The number of carbonyl (C=O) groups is 1. The lowest BCUT2D eigenvalue weighted by atomic mass is 10.2. The number of cyclic esters (lactones) is 1. The second-order valence-electron chi connectivity index (χ2n) is 5.55. The molecule has 2 saturated heterocycles.